The van der Waals surface area contributed by atoms with Gasteiger partial charge in [0.05, 0.1) is 0 Å². The minimum atomic E-state index is -1.79. The van der Waals surface area contributed by atoms with Gasteiger partial charge >= 0.3 is 5.97 Å². The standard InChI is InChI=1S/C17H34O5Si/c1-13(10-12-21-23(5,6)17(2,3)4)15(16(18)19)22-14-9-7-8-11-20-14/h13-15H,7-12H2,1-6H3,(H,18,19)/t13-,14?,15+/m1/s1. The maximum absolute atomic E-state index is 11.5. The number of rotatable bonds is 8. The third kappa shape index (κ3) is 6.53. The van der Waals surface area contributed by atoms with E-state index in [2.05, 4.69) is 33.9 Å². The average molecular weight is 347 g/mol. The second-order valence-electron chi connectivity index (χ2n) is 8.07. The third-order valence-corrected chi connectivity index (χ3v) is 9.58. The van der Waals surface area contributed by atoms with E-state index in [0.29, 0.717) is 19.6 Å². The number of ether oxygens (including phenoxy) is 2. The van der Waals surface area contributed by atoms with E-state index in [1.165, 1.54) is 0 Å². The number of carboxylic acids is 1. The van der Waals surface area contributed by atoms with E-state index < -0.39 is 20.4 Å². The summed E-state index contributed by atoms with van der Waals surface area (Å²) < 4.78 is 17.3. The fourth-order valence-corrected chi connectivity index (χ4v) is 3.35. The van der Waals surface area contributed by atoms with Gasteiger partial charge in [0, 0.05) is 13.2 Å². The zero-order chi connectivity index (χ0) is 17.7. The number of aliphatic carboxylic acids is 1. The summed E-state index contributed by atoms with van der Waals surface area (Å²) >= 11 is 0. The fraction of sp³-hybridized carbons (Fsp3) is 0.941. The van der Waals surface area contributed by atoms with Gasteiger partial charge in [0.1, 0.15) is 0 Å². The first-order chi connectivity index (χ1) is 10.5. The van der Waals surface area contributed by atoms with Crippen LogP contribution in [0.3, 0.4) is 0 Å². The molecule has 1 aliphatic heterocycles. The summed E-state index contributed by atoms with van der Waals surface area (Å²) in [5.41, 5.74) is 0. The van der Waals surface area contributed by atoms with Crippen LogP contribution < -0.4 is 0 Å². The molecule has 3 atom stereocenters. The van der Waals surface area contributed by atoms with Gasteiger partial charge in [0.15, 0.2) is 20.7 Å². The molecule has 0 aromatic rings. The molecule has 1 fully saturated rings. The van der Waals surface area contributed by atoms with Crippen LogP contribution in [0.25, 0.3) is 0 Å². The highest BCUT2D eigenvalue weighted by Crippen LogP contribution is 2.36. The van der Waals surface area contributed by atoms with Crippen molar-refractivity contribution < 1.29 is 23.8 Å². The number of hydrogen-bond donors (Lipinski definition) is 1. The average Bonchev–Trinajstić information content (AvgIpc) is 2.44. The second-order valence-corrected chi connectivity index (χ2v) is 12.9. The highest BCUT2D eigenvalue weighted by molar-refractivity contribution is 6.74. The highest BCUT2D eigenvalue weighted by Gasteiger charge is 2.37. The molecule has 0 saturated carbocycles. The molecule has 1 heterocycles. The van der Waals surface area contributed by atoms with Crippen LogP contribution in [0.4, 0.5) is 0 Å². The molecule has 0 aromatic heterocycles. The van der Waals surface area contributed by atoms with E-state index in [1.807, 2.05) is 6.92 Å². The van der Waals surface area contributed by atoms with E-state index in [1.54, 1.807) is 0 Å². The molecule has 0 aliphatic carbocycles. The molecule has 23 heavy (non-hydrogen) atoms. The van der Waals surface area contributed by atoms with E-state index >= 15 is 0 Å². The van der Waals surface area contributed by atoms with Gasteiger partial charge in [-0.15, -0.1) is 0 Å². The predicted molar refractivity (Wildman–Crippen MR) is 93.0 cm³/mol. The maximum atomic E-state index is 11.5. The zero-order valence-corrected chi connectivity index (χ0v) is 16.6. The molecule has 0 aromatic carbocycles. The van der Waals surface area contributed by atoms with Gasteiger partial charge in [-0.25, -0.2) is 4.79 Å². The summed E-state index contributed by atoms with van der Waals surface area (Å²) in [5, 5.41) is 9.61. The summed E-state index contributed by atoms with van der Waals surface area (Å²) in [5.74, 6) is -1.03. The summed E-state index contributed by atoms with van der Waals surface area (Å²) in [7, 11) is -1.79. The second kappa shape index (κ2) is 8.60. The molecular formula is C17H34O5Si. The monoisotopic (exact) mass is 346 g/mol. The number of carboxylic acid groups (broad SMARTS) is 1. The molecule has 1 N–H and O–H groups in total. The Morgan fingerprint density at radius 1 is 1.35 bits per heavy atom. The SMILES string of the molecule is C[C@H](CCO[Si](C)(C)C(C)(C)C)[C@H](OC1CCCCO1)C(=O)O. The van der Waals surface area contributed by atoms with Crippen molar-refractivity contribution in [2.75, 3.05) is 13.2 Å². The number of hydrogen-bond acceptors (Lipinski definition) is 4. The Morgan fingerprint density at radius 2 is 2.00 bits per heavy atom. The lowest BCUT2D eigenvalue weighted by Gasteiger charge is -2.36. The van der Waals surface area contributed by atoms with Gasteiger partial charge in [-0.1, -0.05) is 27.7 Å². The van der Waals surface area contributed by atoms with Gasteiger partial charge in [-0.3, -0.25) is 0 Å². The Hall–Kier alpha value is -0.433. The molecule has 1 unspecified atom stereocenters. The van der Waals surface area contributed by atoms with Crippen LogP contribution in [-0.4, -0.2) is 45.0 Å². The van der Waals surface area contributed by atoms with Crippen molar-refractivity contribution >= 4 is 14.3 Å². The molecule has 0 bridgehead atoms. The molecule has 6 heteroatoms. The van der Waals surface area contributed by atoms with Gasteiger partial charge in [0.25, 0.3) is 0 Å². The Kier molecular flexibility index (Phi) is 7.71. The molecule has 0 spiro atoms. The normalized spacial score (nSPS) is 22.6. The van der Waals surface area contributed by atoms with Gasteiger partial charge in [-0.05, 0) is 49.7 Å². The van der Waals surface area contributed by atoms with Crippen molar-refractivity contribution in [2.45, 2.75) is 83.9 Å². The van der Waals surface area contributed by atoms with E-state index in [9.17, 15) is 9.90 Å². The van der Waals surface area contributed by atoms with E-state index in [0.717, 1.165) is 19.3 Å². The zero-order valence-electron chi connectivity index (χ0n) is 15.6. The molecule has 1 rings (SSSR count). The Labute approximate surface area is 141 Å². The largest absolute Gasteiger partial charge is 0.479 e. The number of carbonyl (C=O) groups is 1. The molecule has 136 valence electrons. The first-order valence-corrected chi connectivity index (χ1v) is 11.6. The first kappa shape index (κ1) is 20.6. The molecule has 0 radical (unpaired) electrons. The topological polar surface area (TPSA) is 65.0 Å². The molecule has 1 saturated heterocycles. The molecule has 0 amide bonds. The van der Waals surface area contributed by atoms with Crippen molar-refractivity contribution in [3.8, 4) is 0 Å². The minimum Gasteiger partial charge on any atom is -0.479 e. The van der Waals surface area contributed by atoms with Crippen molar-refractivity contribution in [1.82, 2.24) is 0 Å². The van der Waals surface area contributed by atoms with Crippen LogP contribution in [0.2, 0.25) is 18.1 Å². The third-order valence-electron chi connectivity index (χ3n) is 5.04. The van der Waals surface area contributed by atoms with Crippen molar-refractivity contribution in [2.24, 2.45) is 5.92 Å². The Balaban J connectivity index is 2.48. The van der Waals surface area contributed by atoms with Gasteiger partial charge in [-0.2, -0.15) is 0 Å². The quantitative estimate of drug-likeness (QED) is 0.672. The van der Waals surface area contributed by atoms with E-state index in [4.69, 9.17) is 13.9 Å². The summed E-state index contributed by atoms with van der Waals surface area (Å²) in [6.07, 6.45) is 2.29. The van der Waals surface area contributed by atoms with E-state index in [-0.39, 0.29) is 17.2 Å². The van der Waals surface area contributed by atoms with Crippen LogP contribution in [0.5, 0.6) is 0 Å². The van der Waals surface area contributed by atoms with Gasteiger partial charge < -0.3 is 19.0 Å². The van der Waals surface area contributed by atoms with Crippen LogP contribution in [0.15, 0.2) is 0 Å². The predicted octanol–water partition coefficient (Wildman–Crippen LogP) is 4.03. The lowest BCUT2D eigenvalue weighted by atomic mass is 10.0. The van der Waals surface area contributed by atoms with Crippen molar-refractivity contribution in [3.63, 3.8) is 0 Å². The van der Waals surface area contributed by atoms with Crippen molar-refractivity contribution in [3.05, 3.63) is 0 Å². The van der Waals surface area contributed by atoms with Crippen LogP contribution in [-0.2, 0) is 18.7 Å². The molecule has 5 nitrogen and oxygen atoms in total. The summed E-state index contributed by atoms with van der Waals surface area (Å²) in [4.78, 5) is 11.5. The molecule has 1 aliphatic rings. The summed E-state index contributed by atoms with van der Waals surface area (Å²) in [6.45, 7) is 14.2. The maximum Gasteiger partial charge on any atom is 0.333 e. The fourth-order valence-electron chi connectivity index (χ4n) is 2.29. The van der Waals surface area contributed by atoms with Gasteiger partial charge in [0.2, 0.25) is 0 Å². The van der Waals surface area contributed by atoms with Crippen molar-refractivity contribution in [1.29, 1.82) is 0 Å². The van der Waals surface area contributed by atoms with Crippen LogP contribution in [0, 0.1) is 5.92 Å². The van der Waals surface area contributed by atoms with Crippen LogP contribution in [0.1, 0.15) is 53.4 Å². The Bertz CT molecular complexity index is 372. The first-order valence-electron chi connectivity index (χ1n) is 8.68. The van der Waals surface area contributed by atoms with Crippen LogP contribution >= 0.6 is 0 Å². The molecular weight excluding hydrogens is 312 g/mol. The lowest BCUT2D eigenvalue weighted by Crippen LogP contribution is -2.42. The lowest BCUT2D eigenvalue weighted by molar-refractivity contribution is -0.208. The smallest absolute Gasteiger partial charge is 0.333 e. The summed E-state index contributed by atoms with van der Waals surface area (Å²) in [6, 6.07) is 0. The Morgan fingerprint density at radius 3 is 2.48 bits per heavy atom. The minimum absolute atomic E-state index is 0.109. The highest BCUT2D eigenvalue weighted by atomic mass is 28.4.